The van der Waals surface area contributed by atoms with Crippen molar-refractivity contribution in [2.75, 3.05) is 19.0 Å². The average molecular weight is 521 g/mol. The molecule has 2 aromatic heterocycles. The highest BCUT2D eigenvalue weighted by molar-refractivity contribution is 7.81. The topological polar surface area (TPSA) is 225 Å². The second kappa shape index (κ2) is 9.14. The van der Waals surface area contributed by atoms with E-state index in [-0.39, 0.29) is 0 Å². The minimum Gasteiger partial charge on any atom is -0.371 e. The maximum atomic E-state index is 11.9. The number of hydrogen-bond acceptors (Lipinski definition) is 12. The molecule has 0 spiro atoms. The van der Waals surface area contributed by atoms with Crippen LogP contribution in [-0.2, 0) is 31.6 Å². The first-order chi connectivity index (χ1) is 14.3. The maximum absolute atomic E-state index is 11.9. The van der Waals surface area contributed by atoms with Crippen LogP contribution in [0, 0.1) is 0 Å². The number of nitrogens with zero attached hydrogens (tertiary/aromatic N) is 4. The lowest BCUT2D eigenvalue weighted by Crippen LogP contribution is -2.22. The number of nitrogens with one attached hydrogen (secondary N) is 1. The van der Waals surface area contributed by atoms with E-state index in [1.54, 1.807) is 11.6 Å². The van der Waals surface area contributed by atoms with Gasteiger partial charge < -0.3 is 29.6 Å². The summed E-state index contributed by atoms with van der Waals surface area (Å²) < 4.78 is 53.2. The number of phosphoric acid groups is 3. The Balaban J connectivity index is 1.65. The molecule has 2 aromatic rings. The van der Waals surface area contributed by atoms with Gasteiger partial charge in [0.15, 0.2) is 11.5 Å². The Kier molecular flexibility index (Phi) is 7.28. The van der Waals surface area contributed by atoms with Gasteiger partial charge in [-0.1, -0.05) is 0 Å². The second-order valence-electron chi connectivity index (χ2n) is 6.12. The van der Waals surface area contributed by atoms with Gasteiger partial charge in [0, 0.05) is 18.7 Å². The van der Waals surface area contributed by atoms with E-state index in [0.717, 1.165) is 0 Å². The monoisotopic (exact) mass is 521 g/mol. The van der Waals surface area contributed by atoms with E-state index in [9.17, 15) is 23.5 Å². The van der Waals surface area contributed by atoms with E-state index in [1.165, 1.54) is 12.7 Å². The van der Waals surface area contributed by atoms with E-state index in [0.29, 0.717) is 23.4 Å². The third kappa shape index (κ3) is 6.32. The molecule has 3 rings (SSSR count). The van der Waals surface area contributed by atoms with Crippen molar-refractivity contribution < 1.29 is 51.2 Å². The van der Waals surface area contributed by atoms with Crippen LogP contribution in [-0.4, -0.2) is 64.1 Å². The molecule has 16 nitrogen and oxygen atoms in total. The summed E-state index contributed by atoms with van der Waals surface area (Å²) in [5.41, 5.74) is 0.972. The summed E-state index contributed by atoms with van der Waals surface area (Å²) in [6.45, 7) is -0.599. The summed E-state index contributed by atoms with van der Waals surface area (Å²) in [6, 6.07) is 0. The largest absolute Gasteiger partial charge is 0.490 e. The molecule has 5 unspecified atom stereocenters. The van der Waals surface area contributed by atoms with Gasteiger partial charge in [0.2, 0.25) is 0 Å². The molecule has 31 heavy (non-hydrogen) atoms. The number of anilines is 1. The zero-order valence-corrected chi connectivity index (χ0v) is 19.1. The fourth-order valence-electron chi connectivity index (χ4n) is 2.75. The van der Waals surface area contributed by atoms with Gasteiger partial charge in [0.25, 0.3) is 0 Å². The molecular formula is C11H18N5O11P3S. The number of thiol groups is 1. The van der Waals surface area contributed by atoms with Crippen molar-refractivity contribution in [2.45, 2.75) is 24.0 Å². The summed E-state index contributed by atoms with van der Waals surface area (Å²) in [5.74, 6) is 0.508. The summed E-state index contributed by atoms with van der Waals surface area (Å²) >= 11 is 4.36. The molecule has 0 amide bonds. The molecule has 1 saturated heterocycles. The van der Waals surface area contributed by atoms with Crippen LogP contribution >= 0.6 is 36.1 Å². The molecule has 5 N–H and O–H groups in total. The Morgan fingerprint density at radius 2 is 1.90 bits per heavy atom. The van der Waals surface area contributed by atoms with Gasteiger partial charge >= 0.3 is 23.5 Å². The predicted octanol–water partition coefficient (Wildman–Crippen LogP) is 0.797. The van der Waals surface area contributed by atoms with E-state index >= 15 is 0 Å². The lowest BCUT2D eigenvalue weighted by Gasteiger charge is -2.19. The van der Waals surface area contributed by atoms with Crippen LogP contribution in [0.15, 0.2) is 12.7 Å². The molecule has 1 aliphatic heterocycles. The van der Waals surface area contributed by atoms with Crippen LogP contribution in [0.25, 0.3) is 11.2 Å². The standard InChI is InChI=1S/C11H18N5O11P3S/c1-12-10-9-11(14-4-13-10)16(5-15-9)8-2-7(31)6(25-8)3-24-29(20,21)27-30(22,23)26-28(17,18)19/h4-8,31H,2-3H2,1H3,(H,20,21)(H,22,23)(H,12,13,14)(H2,17,18,19). The highest BCUT2D eigenvalue weighted by Gasteiger charge is 2.42. The first-order valence-corrected chi connectivity index (χ1v) is 13.3. The molecule has 1 aliphatic rings. The Labute approximate surface area is 179 Å². The highest BCUT2D eigenvalue weighted by Crippen LogP contribution is 2.66. The van der Waals surface area contributed by atoms with Crippen LogP contribution in [0.2, 0.25) is 0 Å². The smallest absolute Gasteiger partial charge is 0.371 e. The van der Waals surface area contributed by atoms with Gasteiger partial charge in [-0.2, -0.15) is 21.3 Å². The first-order valence-electron chi connectivity index (χ1n) is 8.27. The molecule has 0 saturated carbocycles. The lowest BCUT2D eigenvalue weighted by molar-refractivity contribution is -0.0195. The van der Waals surface area contributed by atoms with Gasteiger partial charge in [-0.3, -0.25) is 9.09 Å². The number of fused-ring (bicyclic) bond motifs is 1. The minimum absolute atomic E-state index is 0.331. The first kappa shape index (κ1) is 24.7. The van der Waals surface area contributed by atoms with Crippen LogP contribution in [0.3, 0.4) is 0 Å². The van der Waals surface area contributed by atoms with Crippen molar-refractivity contribution in [1.29, 1.82) is 0 Å². The van der Waals surface area contributed by atoms with Crippen molar-refractivity contribution in [3.05, 3.63) is 12.7 Å². The van der Waals surface area contributed by atoms with Crippen LogP contribution in [0.5, 0.6) is 0 Å². The quantitative estimate of drug-likeness (QED) is 0.198. The van der Waals surface area contributed by atoms with E-state index < -0.39 is 47.7 Å². The van der Waals surface area contributed by atoms with E-state index in [1.807, 2.05) is 0 Å². The normalized spacial score (nSPS) is 25.9. The number of ether oxygens (including phenoxy) is 1. The Hall–Kier alpha value is -0.930. The fraction of sp³-hybridized carbons (Fsp3) is 0.545. The number of phosphoric ester groups is 1. The molecule has 0 radical (unpaired) electrons. The Morgan fingerprint density at radius 1 is 1.19 bits per heavy atom. The Bertz CT molecular complexity index is 1090. The zero-order valence-electron chi connectivity index (χ0n) is 15.5. The van der Waals surface area contributed by atoms with Gasteiger partial charge in [0.05, 0.1) is 19.0 Å². The number of aromatic nitrogens is 4. The Morgan fingerprint density at radius 3 is 2.55 bits per heavy atom. The lowest BCUT2D eigenvalue weighted by atomic mass is 10.2. The third-order valence-electron chi connectivity index (χ3n) is 3.93. The van der Waals surface area contributed by atoms with Gasteiger partial charge in [-0.25, -0.2) is 28.6 Å². The average Bonchev–Trinajstić information content (AvgIpc) is 3.19. The summed E-state index contributed by atoms with van der Waals surface area (Å²) in [6.07, 6.45) is 1.68. The number of rotatable bonds is 9. The second-order valence-corrected chi connectivity index (χ2v) is 11.2. The molecule has 0 bridgehead atoms. The van der Waals surface area contributed by atoms with Crippen molar-refractivity contribution >= 4 is 53.1 Å². The van der Waals surface area contributed by atoms with Gasteiger partial charge in [0.1, 0.15) is 18.1 Å². The van der Waals surface area contributed by atoms with E-state index in [2.05, 4.69) is 46.0 Å². The molecule has 0 aromatic carbocycles. The SMILES string of the molecule is CNc1ncnc2c1ncn2C1CC(S)C(COP(=O)(O)OP(=O)(O)OP(=O)(O)O)O1. The molecule has 174 valence electrons. The van der Waals surface area contributed by atoms with Crippen LogP contribution in [0.4, 0.5) is 5.82 Å². The number of hydrogen-bond donors (Lipinski definition) is 6. The predicted molar refractivity (Wildman–Crippen MR) is 106 cm³/mol. The maximum Gasteiger partial charge on any atom is 0.490 e. The molecule has 3 heterocycles. The summed E-state index contributed by atoms with van der Waals surface area (Å²) in [5, 5.41) is 2.40. The minimum atomic E-state index is -5.59. The zero-order chi connectivity index (χ0) is 23.0. The summed E-state index contributed by atoms with van der Waals surface area (Å²) in [7, 11) is -14.6. The summed E-state index contributed by atoms with van der Waals surface area (Å²) in [4.78, 5) is 48.3. The van der Waals surface area contributed by atoms with Gasteiger partial charge in [-0.15, -0.1) is 0 Å². The van der Waals surface area contributed by atoms with E-state index in [4.69, 9.17) is 14.5 Å². The molecule has 20 heteroatoms. The van der Waals surface area contributed by atoms with Crippen molar-refractivity contribution in [1.82, 2.24) is 19.5 Å². The molecule has 0 aliphatic carbocycles. The van der Waals surface area contributed by atoms with Crippen molar-refractivity contribution in [3.63, 3.8) is 0 Å². The molecule has 5 atom stereocenters. The highest BCUT2D eigenvalue weighted by atomic mass is 32.1. The van der Waals surface area contributed by atoms with Crippen LogP contribution in [0.1, 0.15) is 12.6 Å². The van der Waals surface area contributed by atoms with Crippen LogP contribution < -0.4 is 5.32 Å². The van der Waals surface area contributed by atoms with Gasteiger partial charge in [-0.05, 0) is 0 Å². The third-order valence-corrected chi connectivity index (χ3v) is 8.27. The number of imidazole rings is 1. The molecule has 1 fully saturated rings. The fourth-order valence-corrected chi connectivity index (χ4v) is 6.12. The van der Waals surface area contributed by atoms with Crippen molar-refractivity contribution in [3.8, 4) is 0 Å². The molecular weight excluding hydrogens is 503 g/mol. The van der Waals surface area contributed by atoms with Crippen molar-refractivity contribution in [2.24, 2.45) is 0 Å².